The van der Waals surface area contributed by atoms with Crippen molar-refractivity contribution in [3.05, 3.63) is 66.6 Å². The molecule has 0 aliphatic carbocycles. The van der Waals surface area contributed by atoms with Crippen molar-refractivity contribution in [3.63, 3.8) is 0 Å². The van der Waals surface area contributed by atoms with Crippen LogP contribution in [0.1, 0.15) is 18.7 Å². The monoisotopic (exact) mass is 375 g/mol. The van der Waals surface area contributed by atoms with Crippen LogP contribution in [0.25, 0.3) is 11.4 Å². The molecular formula is C20H17N5O3. The van der Waals surface area contributed by atoms with Crippen molar-refractivity contribution in [1.29, 1.82) is 0 Å². The number of carbonyl (C=O) groups excluding carboxylic acids is 2. The molecule has 2 heterocycles. The van der Waals surface area contributed by atoms with Gasteiger partial charge in [0.05, 0.1) is 0 Å². The van der Waals surface area contributed by atoms with Crippen LogP contribution in [0.4, 0.5) is 5.69 Å². The minimum absolute atomic E-state index is 0.184. The van der Waals surface area contributed by atoms with E-state index in [2.05, 4.69) is 20.6 Å². The smallest absolute Gasteiger partial charge is 0.274 e. The Morgan fingerprint density at radius 2 is 1.75 bits per heavy atom. The van der Waals surface area contributed by atoms with Gasteiger partial charge in [-0.3, -0.25) is 9.59 Å². The van der Waals surface area contributed by atoms with Gasteiger partial charge in [-0.2, -0.15) is 10.1 Å². The van der Waals surface area contributed by atoms with E-state index in [9.17, 15) is 9.59 Å². The fraction of sp³-hybridized carbons (Fsp3) is 0.150. The molecule has 1 aromatic heterocycles. The van der Waals surface area contributed by atoms with Crippen LogP contribution in [0, 0.1) is 0 Å². The summed E-state index contributed by atoms with van der Waals surface area (Å²) in [5, 5.41) is 12.1. The lowest BCUT2D eigenvalue weighted by atomic mass is 10.1. The molecule has 3 aromatic rings. The van der Waals surface area contributed by atoms with Crippen molar-refractivity contribution in [2.24, 2.45) is 5.10 Å². The van der Waals surface area contributed by atoms with Crippen molar-refractivity contribution in [1.82, 2.24) is 15.1 Å². The number of nitrogens with one attached hydrogen (secondary N) is 1. The molecule has 2 aromatic carbocycles. The lowest BCUT2D eigenvalue weighted by molar-refractivity contribution is -0.135. The summed E-state index contributed by atoms with van der Waals surface area (Å²) in [6.45, 7) is -0.184. The predicted molar refractivity (Wildman–Crippen MR) is 102 cm³/mol. The van der Waals surface area contributed by atoms with E-state index in [1.165, 1.54) is 0 Å². The van der Waals surface area contributed by atoms with Gasteiger partial charge in [0.2, 0.25) is 17.6 Å². The van der Waals surface area contributed by atoms with Crippen molar-refractivity contribution in [3.8, 4) is 11.4 Å². The van der Waals surface area contributed by atoms with E-state index < -0.39 is 0 Å². The Hall–Kier alpha value is -3.81. The maximum Gasteiger partial charge on any atom is 0.274 e. The Kier molecular flexibility index (Phi) is 4.92. The molecule has 0 unspecified atom stereocenters. The fourth-order valence-electron chi connectivity index (χ4n) is 2.78. The number of hydrazone groups is 1. The molecule has 28 heavy (non-hydrogen) atoms. The SMILES string of the molecule is O=C(CN1N=C(c2nc(-c3ccccc3)no2)CCC1=O)Nc1ccccc1. The summed E-state index contributed by atoms with van der Waals surface area (Å²) in [4.78, 5) is 28.8. The fourth-order valence-corrected chi connectivity index (χ4v) is 2.78. The summed E-state index contributed by atoms with van der Waals surface area (Å²) in [5.74, 6) is 0.137. The summed E-state index contributed by atoms with van der Waals surface area (Å²) in [5.41, 5.74) is 1.97. The molecule has 0 radical (unpaired) electrons. The first-order chi connectivity index (χ1) is 13.7. The highest BCUT2D eigenvalue weighted by molar-refractivity contribution is 6.02. The molecule has 8 nitrogen and oxygen atoms in total. The van der Waals surface area contributed by atoms with Gasteiger partial charge in [0.25, 0.3) is 5.89 Å². The third-order valence-corrected chi connectivity index (χ3v) is 4.16. The minimum atomic E-state index is -0.333. The number of hydrogen-bond donors (Lipinski definition) is 1. The van der Waals surface area contributed by atoms with Crippen molar-refractivity contribution in [2.75, 3.05) is 11.9 Å². The van der Waals surface area contributed by atoms with E-state index in [-0.39, 0.29) is 30.7 Å². The van der Waals surface area contributed by atoms with Crippen LogP contribution in [-0.4, -0.2) is 39.2 Å². The van der Waals surface area contributed by atoms with Crippen LogP contribution in [0.2, 0.25) is 0 Å². The Morgan fingerprint density at radius 3 is 2.50 bits per heavy atom. The summed E-state index contributed by atoms with van der Waals surface area (Å²) in [7, 11) is 0. The second kappa shape index (κ2) is 7.83. The van der Waals surface area contributed by atoms with Gasteiger partial charge in [0, 0.05) is 24.1 Å². The number of benzene rings is 2. The number of rotatable bonds is 5. The standard InChI is InChI=1S/C20H17N5O3/c26-17(21-15-9-5-2-6-10-15)13-25-18(27)12-11-16(23-25)20-22-19(24-28-20)14-7-3-1-4-8-14/h1-10H,11-13H2,(H,21,26). The predicted octanol–water partition coefficient (Wildman–Crippen LogP) is 2.70. The maximum atomic E-state index is 12.2. The molecule has 4 rings (SSSR count). The Labute approximate surface area is 160 Å². The summed E-state index contributed by atoms with van der Waals surface area (Å²) in [6.07, 6.45) is 0.604. The number of aromatic nitrogens is 2. The van der Waals surface area contributed by atoms with Crippen LogP contribution < -0.4 is 5.32 Å². The molecule has 140 valence electrons. The number of para-hydroxylation sites is 1. The van der Waals surface area contributed by atoms with Crippen molar-refractivity contribution < 1.29 is 14.1 Å². The molecule has 0 saturated heterocycles. The van der Waals surface area contributed by atoms with Gasteiger partial charge < -0.3 is 9.84 Å². The van der Waals surface area contributed by atoms with Gasteiger partial charge in [0.1, 0.15) is 12.3 Å². The van der Waals surface area contributed by atoms with Gasteiger partial charge in [-0.15, -0.1) is 0 Å². The Balaban J connectivity index is 1.49. The largest absolute Gasteiger partial charge is 0.332 e. The summed E-state index contributed by atoms with van der Waals surface area (Å²) in [6, 6.07) is 18.5. The van der Waals surface area contributed by atoms with E-state index in [0.29, 0.717) is 23.6 Å². The average molecular weight is 375 g/mol. The highest BCUT2D eigenvalue weighted by Crippen LogP contribution is 2.19. The highest BCUT2D eigenvalue weighted by atomic mass is 16.5. The highest BCUT2D eigenvalue weighted by Gasteiger charge is 2.26. The van der Waals surface area contributed by atoms with E-state index >= 15 is 0 Å². The van der Waals surface area contributed by atoms with Crippen LogP contribution in [0.15, 0.2) is 70.3 Å². The summed E-state index contributed by atoms with van der Waals surface area (Å²) < 4.78 is 5.31. The lowest BCUT2D eigenvalue weighted by Gasteiger charge is -2.21. The Bertz CT molecular complexity index is 1010. The van der Waals surface area contributed by atoms with Gasteiger partial charge in [-0.05, 0) is 12.1 Å². The zero-order chi connectivity index (χ0) is 19.3. The zero-order valence-electron chi connectivity index (χ0n) is 14.9. The lowest BCUT2D eigenvalue weighted by Crippen LogP contribution is -2.38. The number of anilines is 1. The first kappa shape index (κ1) is 17.6. The zero-order valence-corrected chi connectivity index (χ0v) is 14.9. The number of hydrogen-bond acceptors (Lipinski definition) is 6. The van der Waals surface area contributed by atoms with Gasteiger partial charge >= 0.3 is 0 Å². The second-order valence-corrected chi connectivity index (χ2v) is 6.20. The molecule has 1 aliphatic rings. The quantitative estimate of drug-likeness (QED) is 0.739. The first-order valence-corrected chi connectivity index (χ1v) is 8.81. The topological polar surface area (TPSA) is 101 Å². The van der Waals surface area contributed by atoms with Crippen LogP contribution in [0.5, 0.6) is 0 Å². The Morgan fingerprint density at radius 1 is 1.04 bits per heavy atom. The van der Waals surface area contributed by atoms with Crippen LogP contribution >= 0.6 is 0 Å². The molecule has 2 amide bonds. The van der Waals surface area contributed by atoms with E-state index in [1.807, 2.05) is 48.5 Å². The molecule has 0 atom stereocenters. The molecule has 0 saturated carbocycles. The molecule has 0 fully saturated rings. The molecular weight excluding hydrogens is 358 g/mol. The van der Waals surface area contributed by atoms with Gasteiger partial charge in [0.15, 0.2) is 0 Å². The normalized spacial score (nSPS) is 13.9. The first-order valence-electron chi connectivity index (χ1n) is 8.81. The number of carbonyl (C=O) groups is 2. The van der Waals surface area contributed by atoms with E-state index in [0.717, 1.165) is 10.6 Å². The molecule has 1 N–H and O–H groups in total. The molecule has 8 heteroatoms. The molecule has 1 aliphatic heterocycles. The minimum Gasteiger partial charge on any atom is -0.332 e. The summed E-state index contributed by atoms with van der Waals surface area (Å²) >= 11 is 0. The average Bonchev–Trinajstić information content (AvgIpc) is 3.21. The van der Waals surface area contributed by atoms with E-state index in [4.69, 9.17) is 4.52 Å². The van der Waals surface area contributed by atoms with Crippen LogP contribution in [-0.2, 0) is 9.59 Å². The van der Waals surface area contributed by atoms with Crippen LogP contribution in [0.3, 0.4) is 0 Å². The second-order valence-electron chi connectivity index (χ2n) is 6.20. The molecule has 0 spiro atoms. The number of amides is 2. The molecule has 0 bridgehead atoms. The van der Waals surface area contributed by atoms with Gasteiger partial charge in [-0.1, -0.05) is 53.7 Å². The van der Waals surface area contributed by atoms with E-state index in [1.54, 1.807) is 12.1 Å². The maximum absolute atomic E-state index is 12.2. The van der Waals surface area contributed by atoms with Gasteiger partial charge in [-0.25, -0.2) is 5.01 Å². The van der Waals surface area contributed by atoms with Crippen molar-refractivity contribution >= 4 is 23.2 Å². The third-order valence-electron chi connectivity index (χ3n) is 4.16. The third kappa shape index (κ3) is 3.96. The van der Waals surface area contributed by atoms with Crippen molar-refractivity contribution in [2.45, 2.75) is 12.8 Å². The number of nitrogens with zero attached hydrogens (tertiary/aromatic N) is 4.